The van der Waals surface area contributed by atoms with Crippen LogP contribution in [-0.2, 0) is 0 Å². The molecular weight excluding hydrogens is 148 g/mol. The van der Waals surface area contributed by atoms with Crippen LogP contribution in [0.15, 0.2) is 5.28 Å². The Bertz CT molecular complexity index is 153. The van der Waals surface area contributed by atoms with Crippen LogP contribution in [0.3, 0.4) is 0 Å². The van der Waals surface area contributed by atoms with Crippen LogP contribution in [0.2, 0.25) is 0 Å². The zero-order valence-corrected chi connectivity index (χ0v) is 6.47. The summed E-state index contributed by atoms with van der Waals surface area (Å²) < 4.78 is 0. The fourth-order valence-corrected chi connectivity index (χ4v) is 1.02. The van der Waals surface area contributed by atoms with Crippen molar-refractivity contribution in [2.45, 2.75) is 0 Å². The minimum atomic E-state index is 0.229. The summed E-state index contributed by atoms with van der Waals surface area (Å²) in [6.45, 7) is 2.89. The number of hydrogen-bond acceptors (Lipinski definition) is 3. The van der Waals surface area contributed by atoms with E-state index in [0.717, 1.165) is 13.1 Å². The van der Waals surface area contributed by atoms with Gasteiger partial charge in [0.05, 0.1) is 18.1 Å². The van der Waals surface area contributed by atoms with Gasteiger partial charge in [-0.05, 0) is 7.05 Å². The number of likely N-dealkylation sites (N-methyl/N-ethyl adjacent to an activating group) is 1. The lowest BCUT2D eigenvalue weighted by Crippen LogP contribution is -2.47. The summed E-state index contributed by atoms with van der Waals surface area (Å²) in [5.74, 6) is 0. The summed E-state index contributed by atoms with van der Waals surface area (Å²) >= 11 is 0. The summed E-state index contributed by atoms with van der Waals surface area (Å²) in [4.78, 5) is 2.34. The topological polar surface area (TPSA) is 65.1 Å². The molecule has 0 spiro atoms. The third kappa shape index (κ3) is 1.94. The van der Waals surface area contributed by atoms with Crippen LogP contribution < -0.4 is 0 Å². The molecule has 1 fully saturated rings. The lowest BCUT2D eigenvalue weighted by atomic mass is 10.4. The first-order valence-corrected chi connectivity index (χ1v) is 3.49. The van der Waals surface area contributed by atoms with Gasteiger partial charge in [-0.25, -0.2) is 0 Å². The molecule has 1 heterocycles. The van der Waals surface area contributed by atoms with Crippen molar-refractivity contribution in [2.24, 2.45) is 5.28 Å². The lowest BCUT2D eigenvalue weighted by Gasteiger charge is -2.28. The maximum absolute atomic E-state index is 10.7. The predicted molar refractivity (Wildman–Crippen MR) is 36.9 cm³/mol. The standard InChI is InChI=1S/C5H12N4O2/c1-7-2-4-8(5-3-7)9(11)6-10/h10H,2-5H2,1H3. The Labute approximate surface area is 64.8 Å². The Balaban J connectivity index is 2.39. The Hall–Kier alpha value is -1.04. The summed E-state index contributed by atoms with van der Waals surface area (Å²) in [6.07, 6.45) is 0. The molecule has 6 heteroatoms. The van der Waals surface area contributed by atoms with Crippen molar-refractivity contribution in [3.8, 4) is 0 Å². The van der Waals surface area contributed by atoms with Crippen molar-refractivity contribution in [1.82, 2.24) is 9.91 Å². The molecule has 64 valence electrons. The van der Waals surface area contributed by atoms with Gasteiger partial charge in [0.15, 0.2) is 0 Å². The molecule has 0 aromatic rings. The van der Waals surface area contributed by atoms with E-state index in [1.807, 2.05) is 7.05 Å². The van der Waals surface area contributed by atoms with E-state index in [4.69, 9.17) is 5.21 Å². The minimum Gasteiger partial charge on any atom is -0.569 e. The van der Waals surface area contributed by atoms with E-state index >= 15 is 0 Å². The van der Waals surface area contributed by atoms with Gasteiger partial charge in [-0.1, -0.05) is 0 Å². The average molecular weight is 160 g/mol. The molecule has 6 nitrogen and oxygen atoms in total. The quantitative estimate of drug-likeness (QED) is 0.319. The minimum absolute atomic E-state index is 0.229. The van der Waals surface area contributed by atoms with Crippen molar-refractivity contribution in [3.05, 3.63) is 5.21 Å². The Morgan fingerprint density at radius 3 is 2.36 bits per heavy atom. The molecule has 0 aromatic heterocycles. The summed E-state index contributed by atoms with van der Waals surface area (Å²) in [6, 6.07) is 0. The van der Waals surface area contributed by atoms with Gasteiger partial charge < -0.3 is 15.3 Å². The van der Waals surface area contributed by atoms with E-state index in [1.54, 1.807) is 0 Å². The molecule has 1 saturated heterocycles. The van der Waals surface area contributed by atoms with Gasteiger partial charge in [0.2, 0.25) is 5.28 Å². The van der Waals surface area contributed by atoms with Crippen molar-refractivity contribution in [3.63, 3.8) is 0 Å². The number of rotatable bonds is 1. The molecular formula is C5H12N4O2. The molecule has 0 bridgehead atoms. The van der Waals surface area contributed by atoms with Gasteiger partial charge in [-0.2, -0.15) is 0 Å². The largest absolute Gasteiger partial charge is 0.569 e. The van der Waals surface area contributed by atoms with E-state index in [-0.39, 0.29) is 4.97 Å². The fourth-order valence-electron chi connectivity index (χ4n) is 1.02. The highest BCUT2D eigenvalue weighted by Crippen LogP contribution is 1.98. The van der Waals surface area contributed by atoms with Gasteiger partial charge in [0.1, 0.15) is 0 Å². The highest BCUT2D eigenvalue weighted by molar-refractivity contribution is 4.61. The van der Waals surface area contributed by atoms with Crippen LogP contribution in [0.25, 0.3) is 0 Å². The fraction of sp³-hybridized carbons (Fsp3) is 1.00. The first-order chi connectivity index (χ1) is 5.24. The van der Waals surface area contributed by atoms with Gasteiger partial charge in [-0.15, -0.1) is 5.01 Å². The average Bonchev–Trinajstić information content (AvgIpc) is 2.05. The number of hydrogen-bond donors (Lipinski definition) is 1. The smallest absolute Gasteiger partial charge is 0.230 e. The van der Waals surface area contributed by atoms with Crippen molar-refractivity contribution in [2.75, 3.05) is 33.2 Å². The van der Waals surface area contributed by atoms with Crippen LogP contribution in [0.4, 0.5) is 0 Å². The van der Waals surface area contributed by atoms with E-state index < -0.39 is 0 Å². The molecule has 1 rings (SSSR count). The molecule has 0 aliphatic carbocycles. The number of piperazine rings is 1. The molecule has 0 saturated carbocycles. The molecule has 0 amide bonds. The first-order valence-electron chi connectivity index (χ1n) is 3.49. The summed E-state index contributed by atoms with van der Waals surface area (Å²) in [7, 11) is 1.99. The second kappa shape index (κ2) is 3.38. The summed E-state index contributed by atoms with van der Waals surface area (Å²) in [5, 5.41) is 22.8. The normalized spacial score (nSPS) is 22.3. The number of nitrogens with zero attached hydrogens (tertiary/aromatic N) is 4. The monoisotopic (exact) mass is 160 g/mol. The first kappa shape index (κ1) is 8.06. The van der Waals surface area contributed by atoms with E-state index in [2.05, 4.69) is 10.2 Å². The van der Waals surface area contributed by atoms with Crippen molar-refractivity contribution >= 4 is 0 Å². The molecule has 0 aromatic carbocycles. The summed E-state index contributed by atoms with van der Waals surface area (Å²) in [5.41, 5.74) is 0. The van der Waals surface area contributed by atoms with E-state index in [9.17, 15) is 5.21 Å². The van der Waals surface area contributed by atoms with Gasteiger partial charge >= 0.3 is 0 Å². The molecule has 0 radical (unpaired) electrons. The molecule has 1 aliphatic rings. The molecule has 11 heavy (non-hydrogen) atoms. The van der Waals surface area contributed by atoms with Gasteiger partial charge in [0, 0.05) is 13.1 Å². The second-order valence-corrected chi connectivity index (χ2v) is 2.60. The molecule has 0 unspecified atom stereocenters. The molecule has 1 aliphatic heterocycles. The Morgan fingerprint density at radius 2 is 1.91 bits per heavy atom. The van der Waals surface area contributed by atoms with Crippen molar-refractivity contribution in [1.29, 1.82) is 0 Å². The van der Waals surface area contributed by atoms with Crippen LogP contribution in [0.5, 0.6) is 0 Å². The SMILES string of the molecule is CN1CCN([N+]([O-])=NO)CC1. The molecule has 1 N–H and O–H groups in total. The third-order valence-corrected chi connectivity index (χ3v) is 1.80. The Kier molecular flexibility index (Phi) is 2.48. The molecule has 0 atom stereocenters. The maximum atomic E-state index is 10.7. The highest BCUT2D eigenvalue weighted by atomic mass is 16.6. The van der Waals surface area contributed by atoms with Crippen LogP contribution >= 0.6 is 0 Å². The predicted octanol–water partition coefficient (Wildman–Crippen LogP) is -0.500. The van der Waals surface area contributed by atoms with Crippen LogP contribution in [0.1, 0.15) is 0 Å². The van der Waals surface area contributed by atoms with Crippen LogP contribution in [0, 0.1) is 5.21 Å². The van der Waals surface area contributed by atoms with E-state index in [1.165, 1.54) is 5.01 Å². The maximum Gasteiger partial charge on any atom is 0.230 e. The highest BCUT2D eigenvalue weighted by Gasteiger charge is 2.19. The van der Waals surface area contributed by atoms with Crippen LogP contribution in [-0.4, -0.2) is 53.3 Å². The zero-order chi connectivity index (χ0) is 8.27. The van der Waals surface area contributed by atoms with Gasteiger partial charge in [0.25, 0.3) is 0 Å². The third-order valence-electron chi connectivity index (χ3n) is 1.80. The number of hydrazine groups is 1. The zero-order valence-electron chi connectivity index (χ0n) is 6.47. The lowest BCUT2D eigenvalue weighted by molar-refractivity contribution is -0.711. The second-order valence-electron chi connectivity index (χ2n) is 2.60. The van der Waals surface area contributed by atoms with Gasteiger partial charge in [-0.3, -0.25) is 0 Å². The van der Waals surface area contributed by atoms with Crippen molar-refractivity contribution < 1.29 is 10.2 Å². The van der Waals surface area contributed by atoms with E-state index in [0.29, 0.717) is 13.1 Å². The Morgan fingerprint density at radius 1 is 1.36 bits per heavy atom.